The maximum absolute atomic E-state index is 13.5. The zero-order chi connectivity index (χ0) is 39.6. The second-order valence-electron chi connectivity index (χ2n) is 16.4. The number of hydrogen-bond donors (Lipinski definition) is 3. The summed E-state index contributed by atoms with van der Waals surface area (Å²) < 4.78 is 1.69. The number of aliphatic hydroxyl groups is 1. The van der Waals surface area contributed by atoms with Gasteiger partial charge >= 0.3 is 0 Å². The molecule has 5 heterocycles. The first-order valence-corrected chi connectivity index (χ1v) is 19.6. The molecule has 0 radical (unpaired) electrons. The summed E-state index contributed by atoms with van der Waals surface area (Å²) in [4.78, 5) is 84.8. The van der Waals surface area contributed by atoms with Crippen LogP contribution in [0.2, 0.25) is 0 Å². The van der Waals surface area contributed by atoms with Gasteiger partial charge in [-0.2, -0.15) is 4.98 Å². The van der Waals surface area contributed by atoms with Crippen LogP contribution in [0, 0.1) is 12.3 Å². The summed E-state index contributed by atoms with van der Waals surface area (Å²) in [5, 5.41) is 16.8. The van der Waals surface area contributed by atoms with Crippen molar-refractivity contribution < 1.29 is 24.3 Å². The number of amides is 3. The Morgan fingerprint density at radius 1 is 1.00 bits per heavy atom. The molecule has 0 bridgehead atoms. The predicted octanol–water partition coefficient (Wildman–Crippen LogP) is 3.89. The Labute approximate surface area is 321 Å². The van der Waals surface area contributed by atoms with Crippen molar-refractivity contribution in [3.05, 3.63) is 46.0 Å². The van der Waals surface area contributed by atoms with Gasteiger partial charge in [0.25, 0.3) is 5.56 Å². The summed E-state index contributed by atoms with van der Waals surface area (Å²) in [6, 6.07) is 2.96. The molecular weight excluding hydrogens is 702 g/mol. The van der Waals surface area contributed by atoms with Crippen LogP contribution in [-0.2, 0) is 14.4 Å². The number of aromatic nitrogens is 4. The van der Waals surface area contributed by atoms with E-state index in [0.717, 1.165) is 31.4 Å². The number of nitrogens with zero attached hydrogens (tertiary/aromatic N) is 7. The molecule has 3 atom stereocenters. The molecule has 0 unspecified atom stereocenters. The number of hydrogen-bond acceptors (Lipinski definition) is 11. The Bertz CT molecular complexity index is 1980. The molecule has 2 aliphatic heterocycles. The number of rotatable bonds is 11. The number of likely N-dealkylation sites (tertiary alicyclic amines) is 1. The van der Waals surface area contributed by atoms with Crippen molar-refractivity contribution in [2.24, 2.45) is 5.41 Å². The quantitative estimate of drug-likeness (QED) is 0.241. The third-order valence-corrected chi connectivity index (χ3v) is 11.3. The first-order valence-electron chi connectivity index (χ1n) is 19.6. The van der Waals surface area contributed by atoms with Crippen molar-refractivity contribution in [3.8, 4) is 0 Å². The van der Waals surface area contributed by atoms with Gasteiger partial charge in [-0.25, -0.2) is 9.97 Å². The molecule has 296 valence electrons. The minimum absolute atomic E-state index is 0.00472. The topological polar surface area (TPSA) is 183 Å². The third-order valence-electron chi connectivity index (χ3n) is 11.3. The molecule has 1 aliphatic carbocycles. The second-order valence-corrected chi connectivity index (χ2v) is 16.4. The standard InChI is InChI=1S/C40H55N9O6/c1-24-20-29(51)23-48(24)38(55)35(40(4,5)6)44-32(52)12-9-13-33(53)47-18-16-46(17-19-47)28-14-15-31(41-21-28)43-39-42-22-30-25(2)34(26(3)50)37(54)49(36(30)45-39)27-10-7-8-11-27/h14-15,21-22,24,27,29,35,51H,7-13,16-20,23H2,1-6H3,(H,44,52)(H,41,42,43,45)/t24-,29-,35-/m1/s1. The summed E-state index contributed by atoms with van der Waals surface area (Å²) in [5.41, 5.74) is 1.40. The highest BCUT2D eigenvalue weighted by atomic mass is 16.3. The maximum atomic E-state index is 13.5. The number of carbonyl (C=O) groups excluding carboxylic acids is 4. The summed E-state index contributed by atoms with van der Waals surface area (Å²) in [6.07, 6.45) is 7.93. The fourth-order valence-electron chi connectivity index (χ4n) is 8.20. The van der Waals surface area contributed by atoms with Gasteiger partial charge in [0.2, 0.25) is 23.7 Å². The largest absolute Gasteiger partial charge is 0.391 e. The smallest absolute Gasteiger partial charge is 0.263 e. The van der Waals surface area contributed by atoms with Crippen molar-refractivity contribution in [3.63, 3.8) is 0 Å². The summed E-state index contributed by atoms with van der Waals surface area (Å²) >= 11 is 0. The van der Waals surface area contributed by atoms with Crippen molar-refractivity contribution in [1.82, 2.24) is 34.6 Å². The minimum atomic E-state index is -0.725. The molecule has 0 spiro atoms. The molecule has 3 aromatic heterocycles. The van der Waals surface area contributed by atoms with E-state index in [0.29, 0.717) is 67.4 Å². The number of aryl methyl sites for hydroxylation is 1. The molecule has 3 aromatic rings. The normalized spacial score (nSPS) is 19.9. The van der Waals surface area contributed by atoms with Crippen LogP contribution in [0.1, 0.15) is 108 Å². The number of β-amino-alcohol motifs (C(OH)–C–C–N with tert-alkyl or cyclic N) is 1. The van der Waals surface area contributed by atoms with Gasteiger partial charge in [0, 0.05) is 69.2 Å². The number of pyridine rings is 2. The molecule has 15 heteroatoms. The van der Waals surface area contributed by atoms with E-state index in [1.54, 1.807) is 28.8 Å². The van der Waals surface area contributed by atoms with E-state index in [9.17, 15) is 29.1 Å². The molecule has 0 aromatic carbocycles. The van der Waals surface area contributed by atoms with E-state index in [-0.39, 0.29) is 66.1 Å². The van der Waals surface area contributed by atoms with Crippen molar-refractivity contribution in [2.75, 3.05) is 42.9 Å². The van der Waals surface area contributed by atoms with E-state index in [1.165, 1.54) is 6.92 Å². The van der Waals surface area contributed by atoms with Gasteiger partial charge in [0.15, 0.2) is 5.78 Å². The van der Waals surface area contributed by atoms with Gasteiger partial charge in [0.05, 0.1) is 23.6 Å². The van der Waals surface area contributed by atoms with E-state index in [1.807, 2.05) is 44.7 Å². The second kappa shape index (κ2) is 16.4. The van der Waals surface area contributed by atoms with Crippen molar-refractivity contribution >= 4 is 52.0 Å². The number of aliphatic hydroxyl groups excluding tert-OH is 1. The average Bonchev–Trinajstić information content (AvgIpc) is 3.79. The molecule has 3 aliphatic rings. The zero-order valence-electron chi connectivity index (χ0n) is 32.9. The lowest BCUT2D eigenvalue weighted by Crippen LogP contribution is -2.55. The van der Waals surface area contributed by atoms with E-state index in [2.05, 4.69) is 25.5 Å². The van der Waals surface area contributed by atoms with Crippen molar-refractivity contribution in [1.29, 1.82) is 0 Å². The highest BCUT2D eigenvalue weighted by Gasteiger charge is 2.40. The number of anilines is 3. The molecule has 3 fully saturated rings. The van der Waals surface area contributed by atoms with Crippen LogP contribution >= 0.6 is 0 Å². The Kier molecular flexibility index (Phi) is 11.9. The number of ketones is 1. The first kappa shape index (κ1) is 39.8. The molecular formula is C40H55N9O6. The summed E-state index contributed by atoms with van der Waals surface area (Å²) in [7, 11) is 0. The molecule has 6 rings (SSSR count). The maximum Gasteiger partial charge on any atom is 0.263 e. The fourth-order valence-corrected chi connectivity index (χ4v) is 8.20. The SMILES string of the molecule is CC(=O)c1c(C)c2cnc(Nc3ccc(N4CCN(C(=O)CCCC(=O)N[C@H](C(=O)N5C[C@H](O)C[C@H]5C)C(C)(C)C)CC4)cn3)nc2n(C2CCCC2)c1=O. The molecule has 3 N–H and O–H groups in total. The highest BCUT2D eigenvalue weighted by molar-refractivity contribution is 5.99. The van der Waals surface area contributed by atoms with Crippen LogP contribution in [0.15, 0.2) is 29.3 Å². The van der Waals surface area contributed by atoms with Crippen LogP contribution < -0.4 is 21.1 Å². The molecule has 3 amide bonds. The lowest BCUT2D eigenvalue weighted by Gasteiger charge is -2.36. The van der Waals surface area contributed by atoms with Gasteiger partial charge in [-0.15, -0.1) is 0 Å². The van der Waals surface area contributed by atoms with Gasteiger partial charge < -0.3 is 30.4 Å². The minimum Gasteiger partial charge on any atom is -0.391 e. The van der Waals surface area contributed by atoms with Gasteiger partial charge in [-0.05, 0) is 69.6 Å². The van der Waals surface area contributed by atoms with Crippen LogP contribution in [0.4, 0.5) is 17.5 Å². The van der Waals surface area contributed by atoms with Gasteiger partial charge in [0.1, 0.15) is 17.5 Å². The predicted molar refractivity (Wildman–Crippen MR) is 209 cm³/mol. The zero-order valence-corrected chi connectivity index (χ0v) is 32.9. The molecule has 55 heavy (non-hydrogen) atoms. The molecule has 1 saturated carbocycles. The Hall–Kier alpha value is -4.92. The number of fused-ring (bicyclic) bond motifs is 1. The van der Waals surface area contributed by atoms with Gasteiger partial charge in [-0.3, -0.25) is 28.5 Å². The Morgan fingerprint density at radius 2 is 1.71 bits per heavy atom. The third kappa shape index (κ3) is 8.82. The Balaban J connectivity index is 1.000. The van der Waals surface area contributed by atoms with Crippen LogP contribution in [-0.4, -0.2) is 109 Å². The van der Waals surface area contributed by atoms with E-state index < -0.39 is 17.6 Å². The monoisotopic (exact) mass is 757 g/mol. The van der Waals surface area contributed by atoms with Gasteiger partial charge in [-0.1, -0.05) is 33.6 Å². The number of piperazine rings is 1. The van der Waals surface area contributed by atoms with E-state index >= 15 is 0 Å². The lowest BCUT2D eigenvalue weighted by molar-refractivity contribution is -0.140. The lowest BCUT2D eigenvalue weighted by atomic mass is 9.85. The van der Waals surface area contributed by atoms with E-state index in [4.69, 9.17) is 4.98 Å². The van der Waals surface area contributed by atoms with Crippen LogP contribution in [0.5, 0.6) is 0 Å². The number of Topliss-reactive ketones (excluding diaryl/α,β-unsaturated/α-hetero) is 1. The molecule has 2 saturated heterocycles. The number of carbonyl (C=O) groups is 4. The van der Waals surface area contributed by atoms with Crippen molar-refractivity contribution in [2.45, 2.75) is 117 Å². The molecule has 15 nitrogen and oxygen atoms in total. The van der Waals surface area contributed by atoms with Crippen LogP contribution in [0.3, 0.4) is 0 Å². The fraction of sp³-hybridized carbons (Fsp3) is 0.600. The Morgan fingerprint density at radius 3 is 2.31 bits per heavy atom. The highest BCUT2D eigenvalue weighted by Crippen LogP contribution is 2.32. The summed E-state index contributed by atoms with van der Waals surface area (Å²) in [5.74, 6) is 0.123. The van der Waals surface area contributed by atoms with Crippen LogP contribution in [0.25, 0.3) is 11.0 Å². The average molecular weight is 758 g/mol. The first-order chi connectivity index (χ1) is 26.1. The summed E-state index contributed by atoms with van der Waals surface area (Å²) in [6.45, 7) is 13.4. The number of nitrogens with one attached hydrogen (secondary N) is 2.